The van der Waals surface area contributed by atoms with Crippen LogP contribution in [0.2, 0.25) is 0 Å². The van der Waals surface area contributed by atoms with Gasteiger partial charge in [0.15, 0.2) is 0 Å². The summed E-state index contributed by atoms with van der Waals surface area (Å²) in [5.41, 5.74) is -0.101. The summed E-state index contributed by atoms with van der Waals surface area (Å²) >= 11 is 0. The Morgan fingerprint density at radius 2 is 2.14 bits per heavy atom. The highest BCUT2D eigenvalue weighted by Crippen LogP contribution is 2.24. The van der Waals surface area contributed by atoms with E-state index >= 15 is 0 Å². The Hall–Kier alpha value is -0.770. The van der Waals surface area contributed by atoms with E-state index in [4.69, 9.17) is 4.74 Å². The van der Waals surface area contributed by atoms with Gasteiger partial charge in [-0.1, -0.05) is 0 Å². The predicted octanol–water partition coefficient (Wildman–Crippen LogP) is 1.26. The first-order chi connectivity index (χ1) is 6.39. The number of carbonyl (C=O) groups excluding carboxylic acids is 1. The van der Waals surface area contributed by atoms with Gasteiger partial charge in [-0.3, -0.25) is 0 Å². The highest BCUT2D eigenvalue weighted by Gasteiger charge is 2.32. The molecule has 82 valence electrons. The summed E-state index contributed by atoms with van der Waals surface area (Å²) in [6.07, 6.45) is 0.874. The number of amides is 2. The standard InChI is InChI=1S/C10H20N2O2/c1-7(2)11-9(13)12-8-5-10(3,4)14-6-8/h7-8H,5-6H2,1-4H3,(H2,11,12,13). The Morgan fingerprint density at radius 1 is 1.50 bits per heavy atom. The largest absolute Gasteiger partial charge is 0.373 e. The highest BCUT2D eigenvalue weighted by molar-refractivity contribution is 5.74. The maximum atomic E-state index is 11.3. The van der Waals surface area contributed by atoms with Gasteiger partial charge in [0, 0.05) is 6.04 Å². The van der Waals surface area contributed by atoms with Crippen LogP contribution in [-0.4, -0.2) is 30.3 Å². The second-order valence-electron chi connectivity index (χ2n) is 4.74. The minimum absolute atomic E-state index is 0.101. The maximum Gasteiger partial charge on any atom is 0.315 e. The summed E-state index contributed by atoms with van der Waals surface area (Å²) in [6, 6.07) is 0.209. The number of nitrogens with one attached hydrogen (secondary N) is 2. The summed E-state index contributed by atoms with van der Waals surface area (Å²) < 4.78 is 5.52. The Bertz CT molecular complexity index is 214. The minimum Gasteiger partial charge on any atom is -0.373 e. The third-order valence-electron chi connectivity index (χ3n) is 2.17. The van der Waals surface area contributed by atoms with Crippen LogP contribution in [0.25, 0.3) is 0 Å². The average Bonchev–Trinajstić information content (AvgIpc) is 2.27. The molecule has 0 bridgehead atoms. The summed E-state index contributed by atoms with van der Waals surface area (Å²) in [5.74, 6) is 0. The van der Waals surface area contributed by atoms with Gasteiger partial charge < -0.3 is 15.4 Å². The Labute approximate surface area is 85.4 Å². The molecule has 2 N–H and O–H groups in total. The van der Waals surface area contributed by atoms with Crippen LogP contribution < -0.4 is 10.6 Å². The van der Waals surface area contributed by atoms with Crippen LogP contribution in [0.3, 0.4) is 0 Å². The number of ether oxygens (including phenoxy) is 1. The van der Waals surface area contributed by atoms with E-state index in [1.54, 1.807) is 0 Å². The summed E-state index contributed by atoms with van der Waals surface area (Å²) in [6.45, 7) is 8.56. The lowest BCUT2D eigenvalue weighted by Gasteiger charge is -2.16. The molecule has 4 nitrogen and oxygen atoms in total. The molecule has 0 aromatic carbocycles. The summed E-state index contributed by atoms with van der Waals surface area (Å²) in [7, 11) is 0. The van der Waals surface area contributed by atoms with Crippen LogP contribution in [0, 0.1) is 0 Å². The van der Waals surface area contributed by atoms with Crippen molar-refractivity contribution in [2.24, 2.45) is 0 Å². The van der Waals surface area contributed by atoms with Crippen molar-refractivity contribution < 1.29 is 9.53 Å². The van der Waals surface area contributed by atoms with Crippen molar-refractivity contribution in [1.29, 1.82) is 0 Å². The Balaban J connectivity index is 2.29. The fourth-order valence-corrected chi connectivity index (χ4v) is 1.62. The van der Waals surface area contributed by atoms with Gasteiger partial charge in [-0.15, -0.1) is 0 Å². The minimum atomic E-state index is -0.105. The first-order valence-corrected chi connectivity index (χ1v) is 5.10. The van der Waals surface area contributed by atoms with Gasteiger partial charge in [0.25, 0.3) is 0 Å². The number of hydrogen-bond acceptors (Lipinski definition) is 2. The van der Waals surface area contributed by atoms with Gasteiger partial charge in [0.2, 0.25) is 0 Å². The fourth-order valence-electron chi connectivity index (χ4n) is 1.62. The quantitative estimate of drug-likeness (QED) is 0.705. The van der Waals surface area contributed by atoms with Crippen LogP contribution in [0.5, 0.6) is 0 Å². The van der Waals surface area contributed by atoms with Crippen LogP contribution >= 0.6 is 0 Å². The molecule has 1 unspecified atom stereocenters. The first-order valence-electron chi connectivity index (χ1n) is 5.10. The number of rotatable bonds is 2. The molecule has 0 spiro atoms. The van der Waals surface area contributed by atoms with E-state index in [-0.39, 0.29) is 23.7 Å². The number of urea groups is 1. The maximum absolute atomic E-state index is 11.3. The first kappa shape index (κ1) is 11.3. The summed E-state index contributed by atoms with van der Waals surface area (Å²) in [5, 5.41) is 5.68. The monoisotopic (exact) mass is 200 g/mol. The molecule has 1 rings (SSSR count). The van der Waals surface area contributed by atoms with Crippen molar-refractivity contribution in [2.75, 3.05) is 6.61 Å². The predicted molar refractivity (Wildman–Crippen MR) is 55.2 cm³/mol. The fraction of sp³-hybridized carbons (Fsp3) is 0.900. The topological polar surface area (TPSA) is 50.4 Å². The number of hydrogen-bond donors (Lipinski definition) is 2. The lowest BCUT2D eigenvalue weighted by molar-refractivity contribution is 0.0358. The zero-order valence-corrected chi connectivity index (χ0v) is 9.39. The molecule has 4 heteroatoms. The zero-order valence-electron chi connectivity index (χ0n) is 9.39. The van der Waals surface area contributed by atoms with Crippen LogP contribution in [0.1, 0.15) is 34.1 Å². The summed E-state index contributed by atoms with van der Waals surface area (Å²) in [4.78, 5) is 11.3. The third-order valence-corrected chi connectivity index (χ3v) is 2.17. The lowest BCUT2D eigenvalue weighted by atomic mass is 10.0. The van der Waals surface area contributed by atoms with Crippen LogP contribution in [0.15, 0.2) is 0 Å². The molecule has 0 saturated carbocycles. The molecule has 0 radical (unpaired) electrons. The van der Waals surface area contributed by atoms with E-state index in [0.29, 0.717) is 6.61 Å². The Morgan fingerprint density at radius 3 is 2.57 bits per heavy atom. The molecular weight excluding hydrogens is 180 g/mol. The molecular formula is C10H20N2O2. The van der Waals surface area contributed by atoms with Gasteiger partial charge in [-0.05, 0) is 34.1 Å². The van der Waals surface area contributed by atoms with Crippen molar-refractivity contribution in [2.45, 2.75) is 51.8 Å². The normalized spacial score (nSPS) is 25.1. The smallest absolute Gasteiger partial charge is 0.315 e. The van der Waals surface area contributed by atoms with Crippen molar-refractivity contribution in [1.82, 2.24) is 10.6 Å². The molecule has 2 amide bonds. The van der Waals surface area contributed by atoms with Crippen molar-refractivity contribution >= 4 is 6.03 Å². The van der Waals surface area contributed by atoms with Gasteiger partial charge >= 0.3 is 6.03 Å². The van der Waals surface area contributed by atoms with Crippen molar-refractivity contribution in [3.05, 3.63) is 0 Å². The molecule has 1 aliphatic heterocycles. The molecule has 1 aliphatic rings. The van der Waals surface area contributed by atoms with Gasteiger partial charge in [0.05, 0.1) is 18.2 Å². The van der Waals surface area contributed by atoms with Gasteiger partial charge in [0.1, 0.15) is 0 Å². The molecule has 0 aromatic heterocycles. The molecule has 14 heavy (non-hydrogen) atoms. The van der Waals surface area contributed by atoms with Crippen molar-refractivity contribution in [3.63, 3.8) is 0 Å². The van der Waals surface area contributed by atoms with E-state index < -0.39 is 0 Å². The van der Waals surface area contributed by atoms with E-state index in [0.717, 1.165) is 6.42 Å². The Kier molecular flexibility index (Phi) is 3.37. The SMILES string of the molecule is CC(C)NC(=O)NC1COC(C)(C)C1. The lowest BCUT2D eigenvalue weighted by Crippen LogP contribution is -2.45. The van der Waals surface area contributed by atoms with Crippen molar-refractivity contribution in [3.8, 4) is 0 Å². The second kappa shape index (κ2) is 4.17. The molecule has 1 fully saturated rings. The van der Waals surface area contributed by atoms with Gasteiger partial charge in [-0.25, -0.2) is 4.79 Å². The van der Waals surface area contributed by atoms with Gasteiger partial charge in [-0.2, -0.15) is 0 Å². The van der Waals surface area contributed by atoms with E-state index in [9.17, 15) is 4.79 Å². The third kappa shape index (κ3) is 3.54. The van der Waals surface area contributed by atoms with E-state index in [2.05, 4.69) is 10.6 Å². The molecule has 0 aliphatic carbocycles. The highest BCUT2D eigenvalue weighted by atomic mass is 16.5. The van der Waals surface area contributed by atoms with E-state index in [1.807, 2.05) is 27.7 Å². The molecule has 1 saturated heterocycles. The molecule has 1 heterocycles. The zero-order chi connectivity index (χ0) is 10.8. The second-order valence-corrected chi connectivity index (χ2v) is 4.74. The van der Waals surface area contributed by atoms with Crippen LogP contribution in [-0.2, 0) is 4.74 Å². The average molecular weight is 200 g/mol. The molecule has 1 atom stereocenters. The van der Waals surface area contributed by atoms with Crippen LogP contribution in [0.4, 0.5) is 4.79 Å². The molecule has 0 aromatic rings. The van der Waals surface area contributed by atoms with E-state index in [1.165, 1.54) is 0 Å². The number of carbonyl (C=O) groups is 1.